The van der Waals surface area contributed by atoms with Crippen LogP contribution in [0.25, 0.3) is 105 Å². The van der Waals surface area contributed by atoms with Crippen LogP contribution in [0.1, 0.15) is 11.3 Å². The number of para-hydroxylation sites is 2. The van der Waals surface area contributed by atoms with Gasteiger partial charge in [0.15, 0.2) is 5.82 Å². The first-order valence-electron chi connectivity index (χ1n) is 17.4. The highest BCUT2D eigenvalue weighted by Crippen LogP contribution is 2.47. The van der Waals surface area contributed by atoms with E-state index in [2.05, 4.69) is 162 Å². The molecule has 11 rings (SSSR count). The topological polar surface area (TPSA) is 35.1 Å². The third-order valence-corrected chi connectivity index (χ3v) is 10.8. The third kappa shape index (κ3) is 3.73. The first kappa shape index (κ1) is 28.1. The van der Waals surface area contributed by atoms with Crippen LogP contribution in [0.15, 0.2) is 152 Å². The van der Waals surface area contributed by atoms with Crippen molar-refractivity contribution >= 4 is 87.5 Å². The molecule has 4 heterocycles. The Hall–Kier alpha value is -6.78. The predicted octanol–water partition coefficient (Wildman–Crippen LogP) is 12.2. The van der Waals surface area contributed by atoms with Crippen molar-refractivity contribution in [3.63, 3.8) is 0 Å². The monoisotopic (exact) mass is 650 g/mol. The summed E-state index contributed by atoms with van der Waals surface area (Å²) in [5.41, 5.74) is 9.09. The van der Waals surface area contributed by atoms with Crippen molar-refractivity contribution in [1.82, 2.24) is 18.9 Å². The van der Waals surface area contributed by atoms with E-state index in [1.54, 1.807) is 0 Å². The molecule has 0 amide bonds. The van der Waals surface area contributed by atoms with E-state index in [0.29, 0.717) is 5.82 Å². The molecule has 0 aliphatic carbocycles. The molecule has 51 heavy (non-hydrogen) atoms. The molecule has 0 N–H and O–H groups in total. The maximum Gasteiger partial charge on any atom is 0.162 e. The maximum absolute atomic E-state index is 5.53. The maximum atomic E-state index is 5.53. The van der Waals surface area contributed by atoms with Crippen LogP contribution < -0.4 is 0 Å². The van der Waals surface area contributed by atoms with Crippen LogP contribution in [0.4, 0.5) is 0 Å². The summed E-state index contributed by atoms with van der Waals surface area (Å²) in [6, 6.07) is 47.8. The lowest BCUT2D eigenvalue weighted by atomic mass is 10.0. The highest BCUT2D eigenvalue weighted by atomic mass is 15.1. The van der Waals surface area contributed by atoms with Gasteiger partial charge in [-0.1, -0.05) is 128 Å². The average Bonchev–Trinajstić information content (AvgIpc) is 3.80. The first-order valence-corrected chi connectivity index (χ1v) is 17.4. The number of benzene rings is 7. The van der Waals surface area contributed by atoms with Crippen molar-refractivity contribution in [1.29, 1.82) is 0 Å². The molecule has 4 heteroatoms. The zero-order valence-electron chi connectivity index (χ0n) is 27.9. The normalized spacial score (nSPS) is 12.4. The fourth-order valence-electron chi connectivity index (χ4n) is 8.60. The molecule has 0 aliphatic heterocycles. The van der Waals surface area contributed by atoms with E-state index in [4.69, 9.17) is 9.97 Å². The number of nitrogens with zero attached hydrogens (tertiary/aromatic N) is 4. The van der Waals surface area contributed by atoms with Gasteiger partial charge in [-0.05, 0) is 59.0 Å². The van der Waals surface area contributed by atoms with E-state index in [0.717, 1.165) is 38.7 Å². The second-order valence-electron chi connectivity index (χ2n) is 13.4. The van der Waals surface area contributed by atoms with Gasteiger partial charge >= 0.3 is 0 Å². The van der Waals surface area contributed by atoms with Crippen LogP contribution in [0.2, 0.25) is 0 Å². The van der Waals surface area contributed by atoms with Crippen LogP contribution in [-0.2, 0) is 0 Å². The molecule has 7 aromatic carbocycles. The number of allylic oxidation sites excluding steroid dienone is 2. The van der Waals surface area contributed by atoms with Crippen molar-refractivity contribution in [2.75, 3.05) is 0 Å². The molecule has 11 aromatic rings. The van der Waals surface area contributed by atoms with Crippen LogP contribution in [0.3, 0.4) is 0 Å². The van der Waals surface area contributed by atoms with Crippen molar-refractivity contribution in [2.24, 2.45) is 0 Å². The Labute approximate surface area is 293 Å². The number of aromatic nitrogens is 4. The lowest BCUT2D eigenvalue weighted by molar-refractivity contribution is 1.08. The molecule has 0 saturated heterocycles. The summed E-state index contributed by atoms with van der Waals surface area (Å²) in [6.45, 7) is 6.25. The van der Waals surface area contributed by atoms with Gasteiger partial charge in [0.25, 0.3) is 0 Å². The summed E-state index contributed by atoms with van der Waals surface area (Å²) in [5.74, 6) is 1.59. The van der Waals surface area contributed by atoms with E-state index in [-0.39, 0.29) is 0 Å². The van der Waals surface area contributed by atoms with Gasteiger partial charge in [-0.15, -0.1) is 0 Å². The second kappa shape index (κ2) is 10.4. The number of fused-ring (bicyclic) bond motifs is 11. The largest absolute Gasteiger partial charge is 0.308 e. The van der Waals surface area contributed by atoms with Crippen LogP contribution in [-0.4, -0.2) is 18.9 Å². The average molecular weight is 651 g/mol. The fourth-order valence-corrected chi connectivity index (χ4v) is 8.60. The molecule has 0 fully saturated rings. The van der Waals surface area contributed by atoms with E-state index in [1.807, 2.05) is 12.2 Å². The summed E-state index contributed by atoms with van der Waals surface area (Å²) in [5, 5.41) is 11.9. The van der Waals surface area contributed by atoms with E-state index < -0.39 is 0 Å². The molecule has 0 saturated carbocycles. The second-order valence-corrected chi connectivity index (χ2v) is 13.4. The number of aryl methyl sites for hydroxylation is 1. The molecule has 0 aliphatic rings. The number of hydrogen-bond donors (Lipinski definition) is 0. The van der Waals surface area contributed by atoms with Gasteiger partial charge in [-0.3, -0.25) is 4.57 Å². The smallest absolute Gasteiger partial charge is 0.162 e. The highest BCUT2D eigenvalue weighted by molar-refractivity contribution is 6.33. The van der Waals surface area contributed by atoms with Gasteiger partial charge in [-0.2, -0.15) is 0 Å². The minimum atomic E-state index is 0.714. The van der Waals surface area contributed by atoms with Crippen molar-refractivity contribution in [3.8, 4) is 17.2 Å². The van der Waals surface area contributed by atoms with E-state index >= 15 is 0 Å². The standard InChI is InChI=1S/C47H30N4/c1-3-4-23-40-28(2)37-27-38-33-19-10-12-24-41(33)51(45(38)42-36-26-25-30-15-6-8-18-32(30)43(36)50(40)44(37)42)47-35-20-9-11-22-39(35)48-46(49-47)34-21-13-16-29-14-5-7-17-31(29)34/h3-27H,1H2,2H3/b23-4-. The molecule has 4 aromatic heterocycles. The Kier molecular flexibility index (Phi) is 5.71. The van der Waals surface area contributed by atoms with Gasteiger partial charge in [0.1, 0.15) is 5.82 Å². The van der Waals surface area contributed by atoms with Gasteiger partial charge in [-0.25, -0.2) is 9.97 Å². The Morgan fingerprint density at radius 3 is 2.12 bits per heavy atom. The van der Waals surface area contributed by atoms with Gasteiger partial charge < -0.3 is 4.40 Å². The Morgan fingerprint density at radius 1 is 0.569 bits per heavy atom. The molecular formula is C47H30N4. The quantitative estimate of drug-likeness (QED) is 0.178. The zero-order chi connectivity index (χ0) is 33.8. The Morgan fingerprint density at radius 2 is 1.27 bits per heavy atom. The Balaban J connectivity index is 1.38. The predicted molar refractivity (Wildman–Crippen MR) is 215 cm³/mol. The SMILES string of the molecule is C=C/C=C\c1c(C)c2cc3c4ccccc4n(-c4nc(-c5cccc6ccccc56)nc5ccccc45)c3c3c4ccc5ccccc5c4n1c23. The molecule has 0 atom stereocenters. The molecular weight excluding hydrogens is 621 g/mol. The summed E-state index contributed by atoms with van der Waals surface area (Å²) in [4.78, 5) is 10.7. The van der Waals surface area contributed by atoms with Crippen molar-refractivity contribution in [2.45, 2.75) is 6.92 Å². The lowest BCUT2D eigenvalue weighted by Crippen LogP contribution is -2.03. The summed E-state index contributed by atoms with van der Waals surface area (Å²) >= 11 is 0. The third-order valence-electron chi connectivity index (χ3n) is 10.8. The van der Waals surface area contributed by atoms with Crippen LogP contribution in [0, 0.1) is 6.92 Å². The van der Waals surface area contributed by atoms with Crippen molar-refractivity contribution < 1.29 is 0 Å². The molecule has 0 radical (unpaired) electrons. The highest BCUT2D eigenvalue weighted by Gasteiger charge is 2.27. The lowest BCUT2D eigenvalue weighted by Gasteiger charge is -2.14. The number of rotatable bonds is 4. The molecule has 238 valence electrons. The number of hydrogen-bond acceptors (Lipinski definition) is 2. The fraction of sp³-hybridized carbons (Fsp3) is 0.0213. The zero-order valence-corrected chi connectivity index (χ0v) is 27.9. The molecule has 4 nitrogen and oxygen atoms in total. The van der Waals surface area contributed by atoms with E-state index in [9.17, 15) is 0 Å². The summed E-state index contributed by atoms with van der Waals surface area (Å²) in [7, 11) is 0. The first-order chi connectivity index (χ1) is 25.2. The van der Waals surface area contributed by atoms with Gasteiger partial charge in [0, 0.05) is 49.0 Å². The molecule has 0 spiro atoms. The van der Waals surface area contributed by atoms with Gasteiger partial charge in [0.2, 0.25) is 0 Å². The van der Waals surface area contributed by atoms with E-state index in [1.165, 1.54) is 65.4 Å². The molecule has 0 bridgehead atoms. The minimum Gasteiger partial charge on any atom is -0.308 e. The van der Waals surface area contributed by atoms with Crippen LogP contribution >= 0.6 is 0 Å². The summed E-state index contributed by atoms with van der Waals surface area (Å²) < 4.78 is 4.90. The minimum absolute atomic E-state index is 0.714. The van der Waals surface area contributed by atoms with Gasteiger partial charge in [0.05, 0.1) is 27.6 Å². The van der Waals surface area contributed by atoms with Crippen LogP contribution in [0.5, 0.6) is 0 Å². The molecule has 0 unspecified atom stereocenters. The Bertz CT molecular complexity index is 3280. The van der Waals surface area contributed by atoms with Crippen molar-refractivity contribution in [3.05, 3.63) is 163 Å². The summed E-state index contributed by atoms with van der Waals surface area (Å²) in [6.07, 6.45) is 6.11.